The summed E-state index contributed by atoms with van der Waals surface area (Å²) in [5.74, 6) is -1.93. The van der Waals surface area contributed by atoms with Crippen molar-refractivity contribution >= 4 is 17.3 Å². The minimum absolute atomic E-state index is 0.0381. The molecule has 0 fully saturated rings. The van der Waals surface area contributed by atoms with Gasteiger partial charge < -0.3 is 10.4 Å². The number of carbonyl (C=O) groups excluding carboxylic acids is 1. The molecule has 102 valence electrons. The molecule has 1 amide bonds. The second-order valence-electron chi connectivity index (χ2n) is 3.89. The third kappa shape index (κ3) is 2.72. The van der Waals surface area contributed by atoms with Gasteiger partial charge in [-0.2, -0.15) is 0 Å². The van der Waals surface area contributed by atoms with Gasteiger partial charge >= 0.3 is 0 Å². The molecule has 2 aromatic carbocycles. The largest absolute Gasteiger partial charge is 0.506 e. The molecular formula is C13H9FN2O4. The Morgan fingerprint density at radius 2 is 1.95 bits per heavy atom. The van der Waals surface area contributed by atoms with Gasteiger partial charge in [0.25, 0.3) is 11.6 Å². The van der Waals surface area contributed by atoms with Crippen LogP contribution in [-0.2, 0) is 0 Å². The zero-order valence-corrected chi connectivity index (χ0v) is 10.0. The van der Waals surface area contributed by atoms with Gasteiger partial charge in [-0.3, -0.25) is 14.9 Å². The monoisotopic (exact) mass is 276 g/mol. The number of aromatic hydroxyl groups is 1. The van der Waals surface area contributed by atoms with Crippen molar-refractivity contribution in [1.29, 1.82) is 0 Å². The molecule has 0 bridgehead atoms. The lowest BCUT2D eigenvalue weighted by Crippen LogP contribution is -2.13. The van der Waals surface area contributed by atoms with Crippen molar-refractivity contribution in [2.24, 2.45) is 0 Å². The molecule has 2 rings (SSSR count). The van der Waals surface area contributed by atoms with Gasteiger partial charge in [-0.25, -0.2) is 4.39 Å². The van der Waals surface area contributed by atoms with Crippen LogP contribution in [0.25, 0.3) is 0 Å². The third-order valence-corrected chi connectivity index (χ3v) is 2.56. The average molecular weight is 276 g/mol. The number of nitro groups is 1. The Balaban J connectivity index is 2.25. The van der Waals surface area contributed by atoms with E-state index in [1.807, 2.05) is 0 Å². The van der Waals surface area contributed by atoms with Gasteiger partial charge in [-0.1, -0.05) is 12.1 Å². The number of nitrogens with one attached hydrogen (secondary N) is 1. The molecule has 0 aliphatic heterocycles. The summed E-state index contributed by atoms with van der Waals surface area (Å²) in [5, 5.41) is 22.4. The van der Waals surface area contributed by atoms with E-state index in [1.165, 1.54) is 24.3 Å². The summed E-state index contributed by atoms with van der Waals surface area (Å²) < 4.78 is 13.4. The predicted molar refractivity (Wildman–Crippen MR) is 69.1 cm³/mol. The number of phenols is 1. The zero-order chi connectivity index (χ0) is 14.7. The molecule has 20 heavy (non-hydrogen) atoms. The van der Waals surface area contributed by atoms with Gasteiger partial charge in [0, 0.05) is 6.07 Å². The van der Waals surface area contributed by atoms with E-state index in [1.54, 1.807) is 0 Å². The normalized spacial score (nSPS) is 10.1. The van der Waals surface area contributed by atoms with E-state index in [0.29, 0.717) is 0 Å². The maximum atomic E-state index is 13.4. The highest BCUT2D eigenvalue weighted by Crippen LogP contribution is 2.28. The summed E-state index contributed by atoms with van der Waals surface area (Å²) in [7, 11) is 0. The van der Waals surface area contributed by atoms with E-state index in [4.69, 9.17) is 0 Å². The first kappa shape index (κ1) is 13.5. The van der Waals surface area contributed by atoms with Crippen molar-refractivity contribution in [1.82, 2.24) is 0 Å². The van der Waals surface area contributed by atoms with Crippen LogP contribution in [-0.4, -0.2) is 15.9 Å². The van der Waals surface area contributed by atoms with Crippen molar-refractivity contribution in [3.8, 4) is 5.75 Å². The number of hydrogen-bond donors (Lipinski definition) is 2. The van der Waals surface area contributed by atoms with E-state index < -0.39 is 22.4 Å². The Morgan fingerprint density at radius 1 is 1.25 bits per heavy atom. The Bertz CT molecular complexity index is 688. The topological polar surface area (TPSA) is 92.5 Å². The number of nitrogens with zero attached hydrogens (tertiary/aromatic N) is 1. The molecular weight excluding hydrogens is 267 g/mol. The highest BCUT2D eigenvalue weighted by molar-refractivity contribution is 6.05. The second-order valence-corrected chi connectivity index (χ2v) is 3.89. The molecule has 0 spiro atoms. The highest BCUT2D eigenvalue weighted by Gasteiger charge is 2.15. The van der Waals surface area contributed by atoms with Crippen molar-refractivity contribution in [3.05, 3.63) is 64.0 Å². The Morgan fingerprint density at radius 3 is 2.55 bits per heavy atom. The van der Waals surface area contributed by atoms with Gasteiger partial charge in [-0.15, -0.1) is 0 Å². The first-order valence-corrected chi connectivity index (χ1v) is 5.52. The van der Waals surface area contributed by atoms with Crippen molar-refractivity contribution < 1.29 is 19.2 Å². The van der Waals surface area contributed by atoms with Gasteiger partial charge in [0.2, 0.25) is 0 Å². The van der Waals surface area contributed by atoms with Gasteiger partial charge in [0.05, 0.1) is 22.2 Å². The fourth-order valence-corrected chi connectivity index (χ4v) is 1.57. The molecule has 0 aromatic heterocycles. The summed E-state index contributed by atoms with van der Waals surface area (Å²) in [6.45, 7) is 0. The fourth-order valence-electron chi connectivity index (χ4n) is 1.57. The third-order valence-electron chi connectivity index (χ3n) is 2.56. The van der Waals surface area contributed by atoms with E-state index in [0.717, 1.165) is 18.2 Å². The SMILES string of the molecule is O=C(Nc1ccc([N+](=O)[O-])cc1O)c1ccccc1F. The minimum Gasteiger partial charge on any atom is -0.506 e. The number of nitro benzene ring substituents is 1. The molecule has 0 heterocycles. The molecule has 0 aliphatic rings. The molecule has 2 aromatic rings. The number of halogens is 1. The van der Waals surface area contributed by atoms with Crippen LogP contribution in [0.15, 0.2) is 42.5 Å². The summed E-state index contributed by atoms with van der Waals surface area (Å²) >= 11 is 0. The van der Waals surface area contributed by atoms with Crippen LogP contribution in [0.1, 0.15) is 10.4 Å². The van der Waals surface area contributed by atoms with Crippen LogP contribution in [0.2, 0.25) is 0 Å². The molecule has 0 saturated carbocycles. The van der Waals surface area contributed by atoms with E-state index in [-0.39, 0.29) is 16.9 Å². The molecule has 0 atom stereocenters. The van der Waals surface area contributed by atoms with Crippen LogP contribution in [0, 0.1) is 15.9 Å². The summed E-state index contributed by atoms with van der Waals surface area (Å²) in [6, 6.07) is 8.54. The van der Waals surface area contributed by atoms with Crippen LogP contribution in [0.4, 0.5) is 15.8 Å². The van der Waals surface area contributed by atoms with Crippen LogP contribution >= 0.6 is 0 Å². The van der Waals surface area contributed by atoms with E-state index >= 15 is 0 Å². The van der Waals surface area contributed by atoms with Gasteiger partial charge in [0.1, 0.15) is 11.6 Å². The standard InChI is InChI=1S/C13H9FN2O4/c14-10-4-2-1-3-9(10)13(18)15-11-6-5-8(16(19)20)7-12(11)17/h1-7,17H,(H,15,18). The van der Waals surface area contributed by atoms with Crippen LogP contribution in [0.3, 0.4) is 0 Å². The van der Waals surface area contributed by atoms with E-state index in [2.05, 4.69) is 5.32 Å². The molecule has 7 heteroatoms. The smallest absolute Gasteiger partial charge is 0.273 e. The molecule has 0 aliphatic carbocycles. The predicted octanol–water partition coefficient (Wildman–Crippen LogP) is 2.69. The quantitative estimate of drug-likeness (QED) is 0.512. The lowest BCUT2D eigenvalue weighted by atomic mass is 10.2. The van der Waals surface area contributed by atoms with Crippen molar-refractivity contribution in [3.63, 3.8) is 0 Å². The van der Waals surface area contributed by atoms with Crippen molar-refractivity contribution in [2.45, 2.75) is 0 Å². The molecule has 0 saturated heterocycles. The highest BCUT2D eigenvalue weighted by atomic mass is 19.1. The fraction of sp³-hybridized carbons (Fsp3) is 0. The van der Waals surface area contributed by atoms with E-state index in [9.17, 15) is 24.4 Å². The molecule has 2 N–H and O–H groups in total. The Labute approximate surface area is 112 Å². The second kappa shape index (κ2) is 5.35. The number of rotatable bonds is 3. The maximum Gasteiger partial charge on any atom is 0.273 e. The Hall–Kier alpha value is -2.96. The maximum absolute atomic E-state index is 13.4. The molecule has 0 radical (unpaired) electrons. The van der Waals surface area contributed by atoms with Crippen LogP contribution < -0.4 is 5.32 Å². The lowest BCUT2D eigenvalue weighted by molar-refractivity contribution is -0.384. The number of anilines is 1. The Kier molecular flexibility index (Phi) is 3.60. The van der Waals surface area contributed by atoms with Gasteiger partial charge in [0.15, 0.2) is 0 Å². The zero-order valence-electron chi connectivity index (χ0n) is 10.0. The van der Waals surface area contributed by atoms with Gasteiger partial charge in [-0.05, 0) is 18.2 Å². The first-order valence-electron chi connectivity index (χ1n) is 5.52. The number of amides is 1. The van der Waals surface area contributed by atoms with Crippen molar-refractivity contribution in [2.75, 3.05) is 5.32 Å². The van der Waals surface area contributed by atoms with Crippen LogP contribution in [0.5, 0.6) is 5.75 Å². The number of hydrogen-bond acceptors (Lipinski definition) is 4. The first-order chi connectivity index (χ1) is 9.49. The number of non-ortho nitro benzene ring substituents is 1. The summed E-state index contributed by atoms with van der Waals surface area (Å²) in [6.07, 6.45) is 0. The molecule has 6 nitrogen and oxygen atoms in total. The summed E-state index contributed by atoms with van der Waals surface area (Å²) in [5.41, 5.74) is -0.541. The molecule has 0 unspecified atom stereocenters. The number of carbonyl (C=O) groups is 1. The summed E-state index contributed by atoms with van der Waals surface area (Å²) in [4.78, 5) is 21.6. The lowest BCUT2D eigenvalue weighted by Gasteiger charge is -2.07. The average Bonchev–Trinajstić information content (AvgIpc) is 2.41. The number of phenolic OH excluding ortho intramolecular Hbond substituents is 1. The minimum atomic E-state index is -0.757. The number of benzene rings is 2.